The first-order chi connectivity index (χ1) is 13.0. The van der Waals surface area contributed by atoms with Crippen LogP contribution in [0.4, 0.5) is 4.79 Å². The molecule has 2 aromatic carbocycles. The normalized spacial score (nSPS) is 11.2. The van der Waals surface area contributed by atoms with Crippen LogP contribution >= 0.6 is 0 Å². The zero-order valence-corrected chi connectivity index (χ0v) is 15.2. The van der Waals surface area contributed by atoms with E-state index >= 15 is 0 Å². The molecule has 0 saturated carbocycles. The maximum Gasteiger partial charge on any atom is 0.339 e. The van der Waals surface area contributed by atoms with Gasteiger partial charge in [-0.1, -0.05) is 37.3 Å². The third-order valence-electron chi connectivity index (χ3n) is 3.59. The molecular formula is C20H22N2O5. The number of benzene rings is 2. The largest absolute Gasteiger partial charge is 0.494 e. The number of nitrogens with one attached hydrogen (secondary N) is 2. The van der Waals surface area contributed by atoms with Crippen LogP contribution in [0.25, 0.3) is 0 Å². The van der Waals surface area contributed by atoms with Gasteiger partial charge in [0.2, 0.25) is 6.10 Å². The van der Waals surface area contributed by atoms with Crippen LogP contribution in [0.1, 0.15) is 35.4 Å². The summed E-state index contributed by atoms with van der Waals surface area (Å²) in [6.07, 6.45) is -0.379. The summed E-state index contributed by atoms with van der Waals surface area (Å²) >= 11 is 0. The Morgan fingerprint density at radius 2 is 1.67 bits per heavy atom. The summed E-state index contributed by atoms with van der Waals surface area (Å²) in [4.78, 5) is 36.3. The SMILES string of the molecule is CCCOc1ccc(C(=O)O[C@@H](C(=O)NC(=O)NC)c2ccccc2)cc1. The van der Waals surface area contributed by atoms with E-state index in [1.54, 1.807) is 54.6 Å². The van der Waals surface area contributed by atoms with Gasteiger partial charge in [0.25, 0.3) is 5.91 Å². The molecule has 2 rings (SSSR count). The molecule has 7 nitrogen and oxygen atoms in total. The standard InChI is InChI=1S/C20H22N2O5/c1-3-13-26-16-11-9-15(10-12-16)19(24)27-17(14-7-5-4-6-8-14)18(23)22-20(25)21-2/h4-12,17H,3,13H2,1-2H3,(H2,21,22,23,25)/t17-/m1/s1. The molecule has 0 bridgehead atoms. The number of ether oxygens (including phenoxy) is 2. The van der Waals surface area contributed by atoms with Crippen molar-refractivity contribution in [2.24, 2.45) is 0 Å². The van der Waals surface area contributed by atoms with E-state index in [9.17, 15) is 14.4 Å². The molecule has 1 atom stereocenters. The fraction of sp³-hybridized carbons (Fsp3) is 0.250. The maximum absolute atomic E-state index is 12.5. The fourth-order valence-electron chi connectivity index (χ4n) is 2.22. The Labute approximate surface area is 157 Å². The van der Waals surface area contributed by atoms with Gasteiger partial charge >= 0.3 is 12.0 Å². The zero-order chi connectivity index (χ0) is 19.6. The van der Waals surface area contributed by atoms with Crippen molar-refractivity contribution in [1.29, 1.82) is 0 Å². The van der Waals surface area contributed by atoms with Crippen molar-refractivity contribution in [3.63, 3.8) is 0 Å². The lowest BCUT2D eigenvalue weighted by Gasteiger charge is -2.17. The number of amides is 3. The number of hydrogen-bond donors (Lipinski definition) is 2. The summed E-state index contributed by atoms with van der Waals surface area (Å²) in [5.41, 5.74) is 0.725. The first-order valence-electron chi connectivity index (χ1n) is 8.56. The summed E-state index contributed by atoms with van der Waals surface area (Å²) in [6.45, 7) is 2.58. The van der Waals surface area contributed by atoms with Crippen molar-refractivity contribution in [2.75, 3.05) is 13.7 Å². The second-order valence-electron chi connectivity index (χ2n) is 5.64. The summed E-state index contributed by atoms with van der Waals surface area (Å²) in [7, 11) is 1.38. The highest BCUT2D eigenvalue weighted by molar-refractivity contribution is 5.99. The molecule has 3 amide bonds. The monoisotopic (exact) mass is 370 g/mol. The number of hydrogen-bond acceptors (Lipinski definition) is 5. The van der Waals surface area contributed by atoms with Crippen LogP contribution in [0.15, 0.2) is 54.6 Å². The molecule has 0 aliphatic heterocycles. The maximum atomic E-state index is 12.5. The molecule has 142 valence electrons. The first-order valence-corrected chi connectivity index (χ1v) is 8.56. The molecule has 0 heterocycles. The molecule has 0 fully saturated rings. The molecule has 7 heteroatoms. The number of carbonyl (C=O) groups excluding carboxylic acids is 3. The summed E-state index contributed by atoms with van der Waals surface area (Å²) in [5, 5.41) is 4.42. The van der Waals surface area contributed by atoms with E-state index in [0.717, 1.165) is 6.42 Å². The fourth-order valence-corrected chi connectivity index (χ4v) is 2.22. The molecule has 0 unspecified atom stereocenters. The Hall–Kier alpha value is -3.35. The second-order valence-corrected chi connectivity index (χ2v) is 5.64. The van der Waals surface area contributed by atoms with Crippen LogP contribution < -0.4 is 15.4 Å². The van der Waals surface area contributed by atoms with Crippen LogP contribution in [0.3, 0.4) is 0 Å². The molecule has 27 heavy (non-hydrogen) atoms. The summed E-state index contributed by atoms with van der Waals surface area (Å²) in [5.74, 6) is -0.778. The molecule has 0 spiro atoms. The van der Waals surface area contributed by atoms with Gasteiger partial charge in [-0.3, -0.25) is 10.1 Å². The minimum Gasteiger partial charge on any atom is -0.494 e. The lowest BCUT2D eigenvalue weighted by atomic mass is 10.1. The Morgan fingerprint density at radius 3 is 2.26 bits per heavy atom. The number of rotatable bonds is 7. The van der Waals surface area contributed by atoms with Gasteiger partial charge in [-0.25, -0.2) is 9.59 Å². The second kappa shape index (κ2) is 9.96. The quantitative estimate of drug-likeness (QED) is 0.731. The van der Waals surface area contributed by atoms with E-state index in [2.05, 4.69) is 10.6 Å². The van der Waals surface area contributed by atoms with Crippen molar-refractivity contribution in [1.82, 2.24) is 10.6 Å². The van der Waals surface area contributed by atoms with Crippen LogP contribution in [0.2, 0.25) is 0 Å². The minimum absolute atomic E-state index is 0.271. The summed E-state index contributed by atoms with van der Waals surface area (Å²) < 4.78 is 10.9. The third-order valence-corrected chi connectivity index (χ3v) is 3.59. The van der Waals surface area contributed by atoms with Gasteiger partial charge in [-0.05, 0) is 30.7 Å². The predicted octanol–water partition coefficient (Wildman–Crippen LogP) is 2.83. The van der Waals surface area contributed by atoms with Crippen molar-refractivity contribution in [3.05, 3.63) is 65.7 Å². The van der Waals surface area contributed by atoms with Crippen LogP contribution in [-0.4, -0.2) is 31.6 Å². The van der Waals surface area contributed by atoms with Gasteiger partial charge in [0, 0.05) is 12.6 Å². The predicted molar refractivity (Wildman–Crippen MR) is 99.4 cm³/mol. The smallest absolute Gasteiger partial charge is 0.339 e. The van der Waals surface area contributed by atoms with Gasteiger partial charge in [0.15, 0.2) is 0 Å². The van der Waals surface area contributed by atoms with Crippen molar-refractivity contribution < 1.29 is 23.9 Å². The lowest BCUT2D eigenvalue weighted by Crippen LogP contribution is -2.41. The zero-order valence-electron chi connectivity index (χ0n) is 15.2. The summed E-state index contributed by atoms with van der Waals surface area (Å²) in [6, 6.07) is 14.2. The molecule has 0 aliphatic carbocycles. The highest BCUT2D eigenvalue weighted by Crippen LogP contribution is 2.21. The highest BCUT2D eigenvalue weighted by atomic mass is 16.5. The van der Waals surface area contributed by atoms with Gasteiger partial charge in [0.1, 0.15) is 5.75 Å². The van der Waals surface area contributed by atoms with E-state index < -0.39 is 24.0 Å². The molecule has 0 aromatic heterocycles. The average molecular weight is 370 g/mol. The molecule has 2 aromatic rings. The van der Waals surface area contributed by atoms with E-state index in [1.807, 2.05) is 6.92 Å². The highest BCUT2D eigenvalue weighted by Gasteiger charge is 2.26. The molecule has 0 radical (unpaired) electrons. The number of urea groups is 1. The van der Waals surface area contributed by atoms with Crippen molar-refractivity contribution >= 4 is 17.9 Å². The minimum atomic E-state index is -1.26. The van der Waals surface area contributed by atoms with Crippen molar-refractivity contribution in [2.45, 2.75) is 19.4 Å². The molecular weight excluding hydrogens is 348 g/mol. The van der Waals surface area contributed by atoms with Crippen molar-refractivity contribution in [3.8, 4) is 5.75 Å². The Morgan fingerprint density at radius 1 is 1.00 bits per heavy atom. The topological polar surface area (TPSA) is 93.7 Å². The molecule has 0 saturated heterocycles. The Balaban J connectivity index is 2.15. The third kappa shape index (κ3) is 5.85. The average Bonchev–Trinajstić information content (AvgIpc) is 2.71. The number of esters is 1. The van der Waals surface area contributed by atoms with Crippen LogP contribution in [-0.2, 0) is 9.53 Å². The van der Waals surface area contributed by atoms with Gasteiger partial charge in [-0.15, -0.1) is 0 Å². The Kier molecular flexibility index (Phi) is 7.37. The van der Waals surface area contributed by atoms with Gasteiger partial charge in [0.05, 0.1) is 12.2 Å². The van der Waals surface area contributed by atoms with E-state index in [4.69, 9.17) is 9.47 Å². The molecule has 2 N–H and O–H groups in total. The lowest BCUT2D eigenvalue weighted by molar-refractivity contribution is -0.129. The number of carbonyl (C=O) groups is 3. The van der Waals surface area contributed by atoms with E-state index in [0.29, 0.717) is 17.9 Å². The molecule has 0 aliphatic rings. The van der Waals surface area contributed by atoms with Crippen LogP contribution in [0, 0.1) is 0 Å². The van der Waals surface area contributed by atoms with Gasteiger partial charge < -0.3 is 14.8 Å². The van der Waals surface area contributed by atoms with E-state index in [-0.39, 0.29) is 5.56 Å². The first kappa shape index (κ1) is 20.0. The van der Waals surface area contributed by atoms with Crippen LogP contribution in [0.5, 0.6) is 5.75 Å². The Bertz CT molecular complexity index is 775. The van der Waals surface area contributed by atoms with E-state index in [1.165, 1.54) is 7.05 Å². The van der Waals surface area contributed by atoms with Gasteiger partial charge in [-0.2, -0.15) is 0 Å². The number of imide groups is 1.